The van der Waals surface area contributed by atoms with E-state index in [0.717, 1.165) is 41.7 Å². The van der Waals surface area contributed by atoms with Crippen LogP contribution in [0, 0.1) is 10.1 Å². The Labute approximate surface area is 164 Å². The quantitative estimate of drug-likeness (QED) is 0.482. The molecule has 0 aliphatic heterocycles. The van der Waals surface area contributed by atoms with Gasteiger partial charge in [-0.25, -0.2) is 13.4 Å². The van der Waals surface area contributed by atoms with Crippen molar-refractivity contribution in [2.75, 3.05) is 5.32 Å². The standard InChI is InChI=1S/C18H15N3O5S2/c1-2-12-3-5-13(6-4-12)17(22)20-18-19-11-16(27-18)28(25,26)15-9-7-14(8-10-15)21(23)24/h3-11H,2H2,1H3,(H,19,20,22). The number of carbonyl (C=O) groups excluding carboxylic acids is 1. The van der Waals surface area contributed by atoms with Crippen LogP contribution >= 0.6 is 11.3 Å². The fourth-order valence-electron chi connectivity index (χ4n) is 2.37. The van der Waals surface area contributed by atoms with Crippen molar-refractivity contribution in [1.29, 1.82) is 0 Å². The molecule has 10 heteroatoms. The summed E-state index contributed by atoms with van der Waals surface area (Å²) in [7, 11) is -3.89. The van der Waals surface area contributed by atoms with Crippen LogP contribution in [0.5, 0.6) is 0 Å². The van der Waals surface area contributed by atoms with Gasteiger partial charge in [-0.1, -0.05) is 30.4 Å². The van der Waals surface area contributed by atoms with Gasteiger partial charge >= 0.3 is 0 Å². The second-order valence-electron chi connectivity index (χ2n) is 5.74. The number of aromatic nitrogens is 1. The average molecular weight is 417 g/mol. The molecule has 1 N–H and O–H groups in total. The molecule has 0 saturated heterocycles. The van der Waals surface area contributed by atoms with Crippen LogP contribution in [-0.4, -0.2) is 24.2 Å². The van der Waals surface area contributed by atoms with Crippen molar-refractivity contribution in [1.82, 2.24) is 4.98 Å². The molecule has 0 saturated carbocycles. The van der Waals surface area contributed by atoms with E-state index < -0.39 is 20.7 Å². The van der Waals surface area contributed by atoms with Gasteiger partial charge in [0.25, 0.3) is 11.6 Å². The number of hydrogen-bond acceptors (Lipinski definition) is 7. The molecule has 2 aromatic carbocycles. The number of anilines is 1. The van der Waals surface area contributed by atoms with Crippen molar-refractivity contribution in [3.05, 3.63) is 76.0 Å². The predicted molar refractivity (Wildman–Crippen MR) is 104 cm³/mol. The third-order valence-electron chi connectivity index (χ3n) is 3.95. The normalized spacial score (nSPS) is 11.2. The van der Waals surface area contributed by atoms with Gasteiger partial charge in [0.2, 0.25) is 9.84 Å². The van der Waals surface area contributed by atoms with Crippen LogP contribution in [0.3, 0.4) is 0 Å². The average Bonchev–Trinajstić information content (AvgIpc) is 3.17. The first kappa shape index (κ1) is 19.6. The maximum absolute atomic E-state index is 12.6. The Bertz CT molecular complexity index is 1120. The second kappa shape index (κ2) is 7.87. The highest BCUT2D eigenvalue weighted by Crippen LogP contribution is 2.29. The van der Waals surface area contributed by atoms with E-state index in [1.807, 2.05) is 19.1 Å². The van der Waals surface area contributed by atoms with E-state index in [4.69, 9.17) is 0 Å². The molecular weight excluding hydrogens is 402 g/mol. The Balaban J connectivity index is 1.78. The topological polar surface area (TPSA) is 119 Å². The zero-order valence-corrected chi connectivity index (χ0v) is 16.3. The summed E-state index contributed by atoms with van der Waals surface area (Å²) in [4.78, 5) is 26.2. The van der Waals surface area contributed by atoms with Gasteiger partial charge in [-0.2, -0.15) is 0 Å². The number of rotatable bonds is 6. The molecular formula is C18H15N3O5S2. The van der Waals surface area contributed by atoms with Crippen LogP contribution in [0.4, 0.5) is 10.8 Å². The van der Waals surface area contributed by atoms with Gasteiger partial charge in [-0.15, -0.1) is 0 Å². The van der Waals surface area contributed by atoms with Crippen molar-refractivity contribution in [3.63, 3.8) is 0 Å². The molecule has 0 spiro atoms. The van der Waals surface area contributed by atoms with Crippen molar-refractivity contribution in [2.45, 2.75) is 22.4 Å². The van der Waals surface area contributed by atoms with Gasteiger partial charge < -0.3 is 0 Å². The molecule has 144 valence electrons. The largest absolute Gasteiger partial charge is 0.298 e. The number of carbonyl (C=O) groups is 1. The lowest BCUT2D eigenvalue weighted by Crippen LogP contribution is -2.11. The summed E-state index contributed by atoms with van der Waals surface area (Å²) in [5.41, 5.74) is 1.33. The number of benzene rings is 2. The minimum Gasteiger partial charge on any atom is -0.298 e. The van der Waals surface area contributed by atoms with Gasteiger partial charge in [0, 0.05) is 17.7 Å². The summed E-state index contributed by atoms with van der Waals surface area (Å²) < 4.78 is 25.2. The van der Waals surface area contributed by atoms with E-state index in [9.17, 15) is 23.3 Å². The molecule has 0 atom stereocenters. The molecule has 1 aromatic heterocycles. The van der Waals surface area contributed by atoms with Crippen molar-refractivity contribution >= 4 is 37.9 Å². The first-order valence-electron chi connectivity index (χ1n) is 8.17. The molecule has 8 nitrogen and oxygen atoms in total. The van der Waals surface area contributed by atoms with E-state index in [0.29, 0.717) is 5.56 Å². The summed E-state index contributed by atoms with van der Waals surface area (Å²) in [6.45, 7) is 2.01. The number of sulfone groups is 1. The molecule has 0 unspecified atom stereocenters. The maximum Gasteiger partial charge on any atom is 0.269 e. The van der Waals surface area contributed by atoms with E-state index in [1.165, 1.54) is 12.1 Å². The number of nitro benzene ring substituents is 1. The number of nitrogens with zero attached hydrogens (tertiary/aromatic N) is 2. The zero-order valence-electron chi connectivity index (χ0n) is 14.7. The molecule has 0 aliphatic rings. The van der Waals surface area contributed by atoms with E-state index in [-0.39, 0.29) is 19.9 Å². The van der Waals surface area contributed by atoms with Crippen LogP contribution in [0.25, 0.3) is 0 Å². The Morgan fingerprint density at radius 2 is 1.79 bits per heavy atom. The van der Waals surface area contributed by atoms with Crippen LogP contribution in [0.1, 0.15) is 22.8 Å². The molecule has 1 amide bonds. The van der Waals surface area contributed by atoms with Gasteiger partial charge in [-0.3, -0.25) is 20.2 Å². The smallest absolute Gasteiger partial charge is 0.269 e. The molecule has 0 aliphatic carbocycles. The van der Waals surface area contributed by atoms with Gasteiger partial charge in [0.1, 0.15) is 4.21 Å². The lowest BCUT2D eigenvalue weighted by molar-refractivity contribution is -0.384. The van der Waals surface area contributed by atoms with E-state index in [1.54, 1.807) is 12.1 Å². The zero-order chi connectivity index (χ0) is 20.3. The van der Waals surface area contributed by atoms with Crippen LogP contribution in [0.15, 0.2) is 63.8 Å². The summed E-state index contributed by atoms with van der Waals surface area (Å²) in [6.07, 6.45) is 2.01. The lowest BCUT2D eigenvalue weighted by Gasteiger charge is -2.03. The van der Waals surface area contributed by atoms with Gasteiger partial charge in [0.15, 0.2) is 5.13 Å². The second-order valence-corrected chi connectivity index (χ2v) is 8.95. The number of nitro groups is 1. The van der Waals surface area contributed by atoms with E-state index >= 15 is 0 Å². The fraction of sp³-hybridized carbons (Fsp3) is 0.111. The summed E-state index contributed by atoms with van der Waals surface area (Å²) >= 11 is 0.811. The molecule has 0 bridgehead atoms. The molecule has 3 aromatic rings. The molecule has 0 fully saturated rings. The maximum atomic E-state index is 12.6. The number of aryl methyl sites for hydroxylation is 1. The summed E-state index contributed by atoms with van der Waals surface area (Å²) in [5.74, 6) is -0.392. The fourth-order valence-corrected chi connectivity index (χ4v) is 4.79. The lowest BCUT2D eigenvalue weighted by atomic mass is 10.1. The molecule has 1 heterocycles. The monoisotopic (exact) mass is 417 g/mol. The highest BCUT2D eigenvalue weighted by Gasteiger charge is 2.22. The van der Waals surface area contributed by atoms with Crippen LogP contribution < -0.4 is 5.32 Å². The highest BCUT2D eigenvalue weighted by molar-refractivity contribution is 7.93. The van der Waals surface area contributed by atoms with Crippen LogP contribution in [-0.2, 0) is 16.3 Å². The van der Waals surface area contributed by atoms with Crippen LogP contribution in [0.2, 0.25) is 0 Å². The highest BCUT2D eigenvalue weighted by atomic mass is 32.2. The Hall–Kier alpha value is -3.11. The SMILES string of the molecule is CCc1ccc(C(=O)Nc2ncc(S(=O)(=O)c3ccc([N+](=O)[O-])cc3)s2)cc1. The first-order chi connectivity index (χ1) is 13.3. The molecule has 28 heavy (non-hydrogen) atoms. The van der Waals surface area contributed by atoms with Crippen molar-refractivity contribution < 1.29 is 18.1 Å². The molecule has 3 rings (SSSR count). The number of hydrogen-bond donors (Lipinski definition) is 1. The minimum absolute atomic E-state index is 0.0713. The Kier molecular flexibility index (Phi) is 5.52. The predicted octanol–water partition coefficient (Wildman–Crippen LogP) is 3.70. The Morgan fingerprint density at radius 1 is 1.14 bits per heavy atom. The summed E-state index contributed by atoms with van der Waals surface area (Å²) in [6, 6.07) is 11.7. The van der Waals surface area contributed by atoms with Gasteiger partial charge in [0.05, 0.1) is 16.0 Å². The Morgan fingerprint density at radius 3 is 2.36 bits per heavy atom. The molecule has 0 radical (unpaired) electrons. The van der Waals surface area contributed by atoms with Crippen molar-refractivity contribution in [3.8, 4) is 0 Å². The number of amides is 1. The van der Waals surface area contributed by atoms with E-state index in [2.05, 4.69) is 10.3 Å². The number of non-ortho nitro benzene ring substituents is 1. The number of nitrogens with one attached hydrogen (secondary N) is 1. The first-order valence-corrected chi connectivity index (χ1v) is 10.5. The summed E-state index contributed by atoms with van der Waals surface area (Å²) in [5, 5.41) is 13.4. The van der Waals surface area contributed by atoms with Crippen molar-refractivity contribution in [2.24, 2.45) is 0 Å². The number of thiazole rings is 1. The third kappa shape index (κ3) is 4.07. The third-order valence-corrected chi connectivity index (χ3v) is 7.10. The van der Waals surface area contributed by atoms with Gasteiger partial charge in [-0.05, 0) is 36.2 Å². The minimum atomic E-state index is -3.89.